The normalized spacial score (nSPS) is 10.6. The predicted molar refractivity (Wildman–Crippen MR) is 57.1 cm³/mol. The van der Waals surface area contributed by atoms with Gasteiger partial charge in [-0.05, 0) is 17.7 Å². The third-order valence-electron chi connectivity index (χ3n) is 1.64. The minimum absolute atomic E-state index is 0.120. The fourth-order valence-electron chi connectivity index (χ4n) is 1.09. The topological polar surface area (TPSA) is 46.5 Å². The van der Waals surface area contributed by atoms with E-state index < -0.39 is 12.6 Å². The summed E-state index contributed by atoms with van der Waals surface area (Å²) in [6, 6.07) is 2.69. The number of rotatable bonds is 4. The largest absolute Gasteiger partial charge is 0.481 e. The van der Waals surface area contributed by atoms with Crippen molar-refractivity contribution in [2.45, 2.75) is 13.0 Å². The van der Waals surface area contributed by atoms with Crippen LogP contribution in [0.3, 0.4) is 0 Å². The molecule has 1 aromatic rings. The summed E-state index contributed by atoms with van der Waals surface area (Å²) in [4.78, 5) is 10.5. The Bertz CT molecular complexity index is 412. The smallest absolute Gasteiger partial charge is 0.387 e. The maximum absolute atomic E-state index is 12.0. The van der Waals surface area contributed by atoms with Gasteiger partial charge in [-0.3, -0.25) is 4.79 Å². The summed E-state index contributed by atoms with van der Waals surface area (Å²) in [6.07, 6.45) is -0.363. The van der Waals surface area contributed by atoms with E-state index in [2.05, 4.69) is 20.7 Å². The first kappa shape index (κ1) is 13.2. The molecule has 1 rings (SSSR count). The van der Waals surface area contributed by atoms with E-state index in [9.17, 15) is 13.6 Å². The third kappa shape index (κ3) is 3.61. The van der Waals surface area contributed by atoms with Crippen LogP contribution >= 0.6 is 27.5 Å². The molecule has 1 aromatic carbocycles. The van der Waals surface area contributed by atoms with E-state index in [0.717, 1.165) is 0 Å². The highest BCUT2D eigenvalue weighted by atomic mass is 79.9. The Morgan fingerprint density at radius 3 is 2.69 bits per heavy atom. The first-order chi connectivity index (χ1) is 7.40. The van der Waals surface area contributed by atoms with Crippen LogP contribution in [0.1, 0.15) is 5.56 Å². The van der Waals surface area contributed by atoms with Gasteiger partial charge in [-0.1, -0.05) is 27.5 Å². The van der Waals surface area contributed by atoms with E-state index in [1.807, 2.05) is 0 Å². The van der Waals surface area contributed by atoms with Crippen molar-refractivity contribution in [3.63, 3.8) is 0 Å². The van der Waals surface area contributed by atoms with E-state index in [-0.39, 0.29) is 22.8 Å². The van der Waals surface area contributed by atoms with Crippen LogP contribution < -0.4 is 4.74 Å². The lowest BCUT2D eigenvalue weighted by Crippen LogP contribution is -2.05. The highest BCUT2D eigenvalue weighted by Gasteiger charge is 2.15. The van der Waals surface area contributed by atoms with Gasteiger partial charge in [0.15, 0.2) is 0 Å². The lowest BCUT2D eigenvalue weighted by atomic mass is 10.1. The van der Waals surface area contributed by atoms with Gasteiger partial charge in [0.1, 0.15) is 5.75 Å². The fourth-order valence-corrected chi connectivity index (χ4v) is 1.80. The van der Waals surface area contributed by atoms with Gasteiger partial charge in [-0.15, -0.1) is 0 Å². The van der Waals surface area contributed by atoms with Crippen molar-refractivity contribution in [1.29, 1.82) is 0 Å². The molecule has 3 nitrogen and oxygen atoms in total. The lowest BCUT2D eigenvalue weighted by Gasteiger charge is -2.10. The number of carbonyl (C=O) groups is 1. The number of carboxylic acids is 1. The van der Waals surface area contributed by atoms with Crippen LogP contribution in [-0.2, 0) is 11.2 Å². The molecular weight excluding hydrogens is 309 g/mol. The zero-order chi connectivity index (χ0) is 12.3. The Balaban J connectivity index is 3.10. The number of alkyl halides is 2. The van der Waals surface area contributed by atoms with Crippen molar-refractivity contribution >= 4 is 33.5 Å². The molecule has 0 aromatic heterocycles. The Morgan fingerprint density at radius 1 is 1.56 bits per heavy atom. The van der Waals surface area contributed by atoms with Crippen LogP contribution in [0.15, 0.2) is 16.6 Å². The molecule has 0 fully saturated rings. The van der Waals surface area contributed by atoms with Gasteiger partial charge in [0.25, 0.3) is 0 Å². The molecule has 0 aliphatic carbocycles. The van der Waals surface area contributed by atoms with Crippen LogP contribution in [0.5, 0.6) is 5.75 Å². The van der Waals surface area contributed by atoms with Crippen LogP contribution in [0, 0.1) is 0 Å². The predicted octanol–water partition coefficient (Wildman–Crippen LogP) is 3.33. The monoisotopic (exact) mass is 314 g/mol. The molecule has 0 bridgehead atoms. The molecule has 0 saturated carbocycles. The van der Waals surface area contributed by atoms with Crippen molar-refractivity contribution in [2.24, 2.45) is 0 Å². The average molecular weight is 315 g/mol. The van der Waals surface area contributed by atoms with Crippen molar-refractivity contribution in [1.82, 2.24) is 0 Å². The minimum atomic E-state index is -3.01. The molecule has 0 atom stereocenters. The molecular formula is C9H6BrClF2O3. The number of benzene rings is 1. The van der Waals surface area contributed by atoms with E-state index in [1.165, 1.54) is 12.1 Å². The summed E-state index contributed by atoms with van der Waals surface area (Å²) < 4.78 is 28.6. The van der Waals surface area contributed by atoms with Gasteiger partial charge in [-0.2, -0.15) is 8.78 Å². The van der Waals surface area contributed by atoms with Crippen LogP contribution in [0.25, 0.3) is 0 Å². The molecule has 1 N–H and O–H groups in total. The highest BCUT2D eigenvalue weighted by Crippen LogP contribution is 2.33. The Hall–Kier alpha value is -0.880. The first-order valence-electron chi connectivity index (χ1n) is 4.04. The van der Waals surface area contributed by atoms with Gasteiger partial charge in [0.2, 0.25) is 0 Å². The van der Waals surface area contributed by atoms with E-state index >= 15 is 0 Å². The highest BCUT2D eigenvalue weighted by molar-refractivity contribution is 9.10. The summed E-state index contributed by atoms with van der Waals surface area (Å²) in [5.74, 6) is -1.36. The zero-order valence-electron chi connectivity index (χ0n) is 7.71. The molecule has 0 aliphatic heterocycles. The second-order valence-electron chi connectivity index (χ2n) is 2.83. The third-order valence-corrected chi connectivity index (χ3v) is 2.52. The number of hydrogen-bond donors (Lipinski definition) is 1. The second kappa shape index (κ2) is 5.45. The van der Waals surface area contributed by atoms with Gasteiger partial charge >= 0.3 is 12.6 Å². The Labute approximate surface area is 103 Å². The first-order valence-corrected chi connectivity index (χ1v) is 5.21. The van der Waals surface area contributed by atoms with E-state index in [0.29, 0.717) is 4.47 Å². The fraction of sp³-hybridized carbons (Fsp3) is 0.222. The molecule has 0 unspecified atom stereocenters. The maximum atomic E-state index is 12.0. The standard InChI is InChI=1S/C9H6BrClF2O3/c10-5-1-4(2-7(14)15)8(11)6(3-5)16-9(12)13/h1,3,9H,2H2,(H,14,15). The summed E-state index contributed by atoms with van der Waals surface area (Å²) in [7, 11) is 0. The van der Waals surface area contributed by atoms with E-state index in [1.54, 1.807) is 0 Å². The van der Waals surface area contributed by atoms with Gasteiger partial charge < -0.3 is 9.84 Å². The van der Waals surface area contributed by atoms with Gasteiger partial charge in [0.05, 0.1) is 11.4 Å². The Morgan fingerprint density at radius 2 is 2.19 bits per heavy atom. The molecule has 16 heavy (non-hydrogen) atoms. The SMILES string of the molecule is O=C(O)Cc1cc(Br)cc(OC(F)F)c1Cl. The summed E-state index contributed by atoms with van der Waals surface area (Å²) >= 11 is 8.78. The lowest BCUT2D eigenvalue weighted by molar-refractivity contribution is -0.136. The van der Waals surface area contributed by atoms with Crippen molar-refractivity contribution < 1.29 is 23.4 Å². The molecule has 88 valence electrons. The minimum Gasteiger partial charge on any atom is -0.481 e. The molecule has 0 heterocycles. The average Bonchev–Trinajstić information content (AvgIpc) is 2.11. The number of carboxylic acid groups (broad SMARTS) is 1. The number of halogens is 4. The quantitative estimate of drug-likeness (QED) is 0.927. The molecule has 0 saturated heterocycles. The number of ether oxygens (including phenoxy) is 1. The van der Waals surface area contributed by atoms with Crippen LogP contribution in [0.4, 0.5) is 8.78 Å². The zero-order valence-corrected chi connectivity index (χ0v) is 10.1. The molecule has 7 heteroatoms. The molecule has 0 radical (unpaired) electrons. The van der Waals surface area contributed by atoms with Crippen LogP contribution in [0.2, 0.25) is 5.02 Å². The van der Waals surface area contributed by atoms with E-state index in [4.69, 9.17) is 16.7 Å². The second-order valence-corrected chi connectivity index (χ2v) is 4.12. The molecule has 0 amide bonds. The molecule has 0 aliphatic rings. The maximum Gasteiger partial charge on any atom is 0.387 e. The molecule has 0 spiro atoms. The number of aliphatic carboxylic acids is 1. The van der Waals surface area contributed by atoms with Gasteiger partial charge in [-0.25, -0.2) is 0 Å². The Kier molecular flexibility index (Phi) is 4.49. The van der Waals surface area contributed by atoms with Crippen molar-refractivity contribution in [3.05, 3.63) is 27.2 Å². The van der Waals surface area contributed by atoms with Gasteiger partial charge in [0, 0.05) is 4.47 Å². The van der Waals surface area contributed by atoms with Crippen molar-refractivity contribution in [3.8, 4) is 5.75 Å². The summed E-state index contributed by atoms with van der Waals surface area (Å²) in [5, 5.41) is 8.47. The summed E-state index contributed by atoms with van der Waals surface area (Å²) in [6.45, 7) is -3.01. The van der Waals surface area contributed by atoms with Crippen LogP contribution in [-0.4, -0.2) is 17.7 Å². The number of hydrogen-bond acceptors (Lipinski definition) is 2. The van der Waals surface area contributed by atoms with Crippen molar-refractivity contribution in [2.75, 3.05) is 0 Å². The summed E-state index contributed by atoms with van der Waals surface area (Å²) in [5.41, 5.74) is 0.208.